The van der Waals surface area contributed by atoms with E-state index in [0.29, 0.717) is 12.5 Å². The first-order valence-electron chi connectivity index (χ1n) is 8.49. The molecular weight excluding hydrogens is 323 g/mol. The lowest BCUT2D eigenvalue weighted by atomic mass is 10.3. The van der Waals surface area contributed by atoms with Gasteiger partial charge in [0.15, 0.2) is 17.5 Å². The second-order valence-electron chi connectivity index (χ2n) is 6.15. The van der Waals surface area contributed by atoms with E-state index in [1.165, 1.54) is 11.0 Å². The van der Waals surface area contributed by atoms with Crippen molar-refractivity contribution in [2.45, 2.75) is 39.3 Å². The molecule has 0 spiro atoms. The minimum atomic E-state index is -0.391. The fourth-order valence-electron chi connectivity index (χ4n) is 1.82. The van der Waals surface area contributed by atoms with Crippen molar-refractivity contribution >= 4 is 11.9 Å². The van der Waals surface area contributed by atoms with Crippen LogP contribution in [0.4, 0.5) is 4.39 Å². The molecular formula is C18H29FN4O2. The van der Waals surface area contributed by atoms with Gasteiger partial charge in [0.05, 0.1) is 6.54 Å². The van der Waals surface area contributed by atoms with E-state index in [9.17, 15) is 9.18 Å². The summed E-state index contributed by atoms with van der Waals surface area (Å²) in [4.78, 5) is 17.5. The quantitative estimate of drug-likeness (QED) is 0.555. The summed E-state index contributed by atoms with van der Waals surface area (Å²) in [5.74, 6) is 0.278. The molecule has 1 amide bonds. The molecule has 0 saturated heterocycles. The van der Waals surface area contributed by atoms with Gasteiger partial charge < -0.3 is 20.3 Å². The second kappa shape index (κ2) is 10.5. The zero-order valence-corrected chi connectivity index (χ0v) is 15.7. The molecule has 7 heteroatoms. The van der Waals surface area contributed by atoms with Gasteiger partial charge in [-0.25, -0.2) is 9.38 Å². The molecule has 0 fully saturated rings. The Morgan fingerprint density at radius 3 is 2.60 bits per heavy atom. The molecule has 0 aliphatic rings. The highest BCUT2D eigenvalue weighted by atomic mass is 19.1. The zero-order valence-electron chi connectivity index (χ0n) is 15.7. The fraction of sp³-hybridized carbons (Fsp3) is 0.556. The highest BCUT2D eigenvalue weighted by molar-refractivity contribution is 5.84. The average Bonchev–Trinajstić information content (AvgIpc) is 2.58. The topological polar surface area (TPSA) is 66.0 Å². The number of ether oxygens (including phenoxy) is 1. The fourth-order valence-corrected chi connectivity index (χ4v) is 1.82. The van der Waals surface area contributed by atoms with Crippen molar-refractivity contribution in [2.75, 3.05) is 27.2 Å². The molecule has 25 heavy (non-hydrogen) atoms. The maximum Gasteiger partial charge on any atom is 0.243 e. The standard InChI is InChI=1S/C18H29FN4O2/c1-6-13(2)22-18(21-12-17(24)23(4)5)20-11-14(3)25-16-10-8-7-9-15(16)19/h7-10,13-14H,6,11-12H2,1-5H3,(H2,20,21,22). The Bertz CT molecular complexity index is 578. The number of hydrogen-bond acceptors (Lipinski definition) is 3. The molecule has 0 aromatic heterocycles. The van der Waals surface area contributed by atoms with Crippen LogP contribution in [0.5, 0.6) is 5.75 Å². The average molecular weight is 352 g/mol. The van der Waals surface area contributed by atoms with Crippen LogP contribution in [0, 0.1) is 5.82 Å². The molecule has 0 saturated carbocycles. The minimum absolute atomic E-state index is 0.0569. The number of halogens is 1. The van der Waals surface area contributed by atoms with E-state index in [2.05, 4.69) is 22.5 Å². The molecule has 2 N–H and O–H groups in total. The van der Waals surface area contributed by atoms with Gasteiger partial charge in [-0.1, -0.05) is 19.1 Å². The van der Waals surface area contributed by atoms with Gasteiger partial charge in [-0.15, -0.1) is 0 Å². The second-order valence-corrected chi connectivity index (χ2v) is 6.15. The smallest absolute Gasteiger partial charge is 0.243 e. The van der Waals surface area contributed by atoms with Gasteiger partial charge in [0.1, 0.15) is 12.6 Å². The van der Waals surface area contributed by atoms with Crippen molar-refractivity contribution in [2.24, 2.45) is 4.99 Å². The maximum atomic E-state index is 13.6. The first-order valence-corrected chi connectivity index (χ1v) is 8.49. The third kappa shape index (κ3) is 7.87. The van der Waals surface area contributed by atoms with Gasteiger partial charge in [-0.3, -0.25) is 4.79 Å². The molecule has 0 aliphatic carbocycles. The van der Waals surface area contributed by atoms with Crippen LogP contribution in [0.25, 0.3) is 0 Å². The number of likely N-dealkylation sites (N-methyl/N-ethyl adjacent to an activating group) is 1. The van der Waals surface area contributed by atoms with Crippen molar-refractivity contribution in [1.82, 2.24) is 15.5 Å². The van der Waals surface area contributed by atoms with E-state index in [-0.39, 0.29) is 30.3 Å². The SMILES string of the molecule is CCC(C)NC(=NCC(=O)N(C)C)NCC(C)Oc1ccccc1F. The lowest BCUT2D eigenvalue weighted by molar-refractivity contribution is -0.127. The number of nitrogens with zero attached hydrogens (tertiary/aromatic N) is 2. The van der Waals surface area contributed by atoms with Gasteiger partial charge in [-0.05, 0) is 32.4 Å². The monoisotopic (exact) mass is 352 g/mol. The first kappa shape index (κ1) is 20.7. The van der Waals surface area contributed by atoms with Crippen molar-refractivity contribution < 1.29 is 13.9 Å². The van der Waals surface area contributed by atoms with Gasteiger partial charge in [0, 0.05) is 20.1 Å². The van der Waals surface area contributed by atoms with Crippen molar-refractivity contribution in [1.29, 1.82) is 0 Å². The van der Waals surface area contributed by atoms with E-state index in [0.717, 1.165) is 6.42 Å². The van der Waals surface area contributed by atoms with E-state index < -0.39 is 5.82 Å². The number of rotatable bonds is 8. The van der Waals surface area contributed by atoms with Crippen LogP contribution in [0.2, 0.25) is 0 Å². The van der Waals surface area contributed by atoms with Crippen LogP contribution in [0.3, 0.4) is 0 Å². The van der Waals surface area contributed by atoms with Crippen LogP contribution in [0.15, 0.2) is 29.3 Å². The summed E-state index contributed by atoms with van der Waals surface area (Å²) >= 11 is 0. The largest absolute Gasteiger partial charge is 0.486 e. The third-order valence-corrected chi connectivity index (χ3v) is 3.59. The Kier molecular flexibility index (Phi) is 8.74. The van der Waals surface area contributed by atoms with E-state index in [4.69, 9.17) is 4.74 Å². The lowest BCUT2D eigenvalue weighted by Gasteiger charge is -2.20. The number of benzene rings is 1. The summed E-state index contributed by atoms with van der Waals surface area (Å²) in [5, 5.41) is 6.37. The maximum absolute atomic E-state index is 13.6. The molecule has 1 aromatic rings. The van der Waals surface area contributed by atoms with Gasteiger partial charge in [0.2, 0.25) is 5.91 Å². The predicted molar refractivity (Wildman–Crippen MR) is 98.4 cm³/mol. The number of aliphatic imine (C=N–C) groups is 1. The van der Waals surface area contributed by atoms with Gasteiger partial charge >= 0.3 is 0 Å². The normalized spacial score (nSPS) is 13.8. The zero-order chi connectivity index (χ0) is 18.8. The minimum Gasteiger partial charge on any atom is -0.486 e. The molecule has 0 radical (unpaired) electrons. The summed E-state index contributed by atoms with van der Waals surface area (Å²) in [7, 11) is 3.38. The Hall–Kier alpha value is -2.31. The molecule has 0 bridgehead atoms. The molecule has 140 valence electrons. The molecule has 1 rings (SSSR count). The molecule has 2 unspecified atom stereocenters. The summed E-state index contributed by atoms with van der Waals surface area (Å²) in [6.45, 7) is 6.41. The van der Waals surface area contributed by atoms with Crippen molar-refractivity contribution in [3.05, 3.63) is 30.1 Å². The molecule has 0 aliphatic heterocycles. The van der Waals surface area contributed by atoms with Crippen molar-refractivity contribution in [3.8, 4) is 5.75 Å². The number of nitrogens with one attached hydrogen (secondary N) is 2. The van der Waals surface area contributed by atoms with Crippen LogP contribution in [0.1, 0.15) is 27.2 Å². The number of para-hydroxylation sites is 1. The van der Waals surface area contributed by atoms with Crippen molar-refractivity contribution in [3.63, 3.8) is 0 Å². The lowest BCUT2D eigenvalue weighted by Crippen LogP contribution is -2.45. The van der Waals surface area contributed by atoms with E-state index in [1.54, 1.807) is 32.3 Å². The Morgan fingerprint density at radius 2 is 2.00 bits per heavy atom. The molecule has 6 nitrogen and oxygen atoms in total. The Morgan fingerprint density at radius 1 is 1.32 bits per heavy atom. The molecule has 0 heterocycles. The Balaban J connectivity index is 2.62. The number of carbonyl (C=O) groups excluding carboxylic acids is 1. The van der Waals surface area contributed by atoms with E-state index in [1.807, 2.05) is 13.8 Å². The number of hydrogen-bond donors (Lipinski definition) is 2. The highest BCUT2D eigenvalue weighted by Crippen LogP contribution is 2.16. The molecule has 1 aromatic carbocycles. The van der Waals surface area contributed by atoms with Crippen LogP contribution < -0.4 is 15.4 Å². The summed E-state index contributed by atoms with van der Waals surface area (Å²) in [5.41, 5.74) is 0. The number of amides is 1. The van der Waals surface area contributed by atoms with Crippen LogP contribution >= 0.6 is 0 Å². The first-order chi connectivity index (χ1) is 11.8. The van der Waals surface area contributed by atoms with Gasteiger partial charge in [-0.2, -0.15) is 0 Å². The summed E-state index contributed by atoms with van der Waals surface area (Å²) in [6, 6.07) is 6.51. The number of carbonyl (C=O) groups is 1. The van der Waals surface area contributed by atoms with E-state index >= 15 is 0 Å². The summed E-state index contributed by atoms with van der Waals surface area (Å²) in [6.07, 6.45) is 0.647. The predicted octanol–water partition coefficient (Wildman–Crippen LogP) is 2.01. The van der Waals surface area contributed by atoms with Crippen LogP contribution in [-0.4, -0.2) is 56.1 Å². The van der Waals surface area contributed by atoms with Gasteiger partial charge in [0.25, 0.3) is 0 Å². The molecule has 2 atom stereocenters. The Labute approximate surface area is 149 Å². The van der Waals surface area contributed by atoms with Crippen LogP contribution in [-0.2, 0) is 4.79 Å². The number of guanidine groups is 1. The third-order valence-electron chi connectivity index (χ3n) is 3.59. The summed E-state index contributed by atoms with van der Waals surface area (Å²) < 4.78 is 19.2. The highest BCUT2D eigenvalue weighted by Gasteiger charge is 2.11.